The first kappa shape index (κ1) is 18.1. The van der Waals surface area contributed by atoms with E-state index >= 15 is 0 Å². The number of carbonyl (C=O) groups excluding carboxylic acids is 2. The van der Waals surface area contributed by atoms with Gasteiger partial charge in [-0.3, -0.25) is 9.59 Å². The third-order valence-corrected chi connectivity index (χ3v) is 5.46. The maximum Gasteiger partial charge on any atom is 0.289 e. The van der Waals surface area contributed by atoms with Crippen molar-refractivity contribution in [3.63, 3.8) is 0 Å². The van der Waals surface area contributed by atoms with Gasteiger partial charge in [-0.05, 0) is 61.4 Å². The zero-order valence-corrected chi connectivity index (χ0v) is 16.0. The van der Waals surface area contributed by atoms with Gasteiger partial charge >= 0.3 is 0 Å². The molecule has 1 saturated heterocycles. The van der Waals surface area contributed by atoms with Crippen molar-refractivity contribution in [3.05, 3.63) is 69.9 Å². The van der Waals surface area contributed by atoms with Crippen LogP contribution in [-0.4, -0.2) is 29.7 Å². The Hall–Kier alpha value is -2.30. The average molecular weight is 402 g/mol. The molecule has 0 bridgehead atoms. The third-order valence-electron chi connectivity index (χ3n) is 4.97. The number of halogens is 2. The molecule has 0 spiro atoms. The first-order valence-corrected chi connectivity index (χ1v) is 9.55. The van der Waals surface area contributed by atoms with Crippen LogP contribution in [0.2, 0.25) is 10.0 Å². The number of nitrogens with zero attached hydrogens (tertiary/aromatic N) is 1. The molecule has 0 unspecified atom stereocenters. The maximum atomic E-state index is 12.7. The molecule has 27 heavy (non-hydrogen) atoms. The monoisotopic (exact) mass is 401 g/mol. The lowest BCUT2D eigenvalue weighted by Gasteiger charge is -2.30. The summed E-state index contributed by atoms with van der Waals surface area (Å²) in [6.07, 6.45) is 1.28. The predicted octanol–water partition coefficient (Wildman–Crippen LogP) is 5.47. The molecular weight excluding hydrogens is 385 g/mol. The Morgan fingerprint density at radius 2 is 1.59 bits per heavy atom. The van der Waals surface area contributed by atoms with Crippen LogP contribution < -0.4 is 0 Å². The van der Waals surface area contributed by atoms with E-state index < -0.39 is 0 Å². The summed E-state index contributed by atoms with van der Waals surface area (Å²) >= 11 is 11.9. The molecule has 1 aliphatic heterocycles. The molecule has 1 aliphatic rings. The van der Waals surface area contributed by atoms with Crippen molar-refractivity contribution in [2.45, 2.75) is 12.8 Å². The number of rotatable bonds is 3. The van der Waals surface area contributed by atoms with Gasteiger partial charge in [0, 0.05) is 40.0 Å². The topological polar surface area (TPSA) is 50.5 Å². The molecule has 0 radical (unpaired) electrons. The van der Waals surface area contributed by atoms with Gasteiger partial charge < -0.3 is 9.32 Å². The summed E-state index contributed by atoms with van der Waals surface area (Å²) < 4.78 is 5.66. The Kier molecular flexibility index (Phi) is 4.94. The Labute approximate surface area is 166 Å². The smallest absolute Gasteiger partial charge is 0.289 e. The lowest BCUT2D eigenvalue weighted by atomic mass is 9.89. The summed E-state index contributed by atoms with van der Waals surface area (Å²) in [4.78, 5) is 27.1. The molecular formula is C21H17Cl2NO3. The Bertz CT molecular complexity index is 1000. The minimum atomic E-state index is -0.153. The van der Waals surface area contributed by atoms with Gasteiger partial charge in [0.15, 0.2) is 11.5 Å². The molecule has 2 heterocycles. The van der Waals surface area contributed by atoms with Crippen molar-refractivity contribution in [1.82, 2.24) is 4.90 Å². The van der Waals surface area contributed by atoms with E-state index in [-0.39, 0.29) is 17.6 Å². The molecule has 1 aromatic heterocycles. The van der Waals surface area contributed by atoms with E-state index in [0.717, 1.165) is 5.39 Å². The molecule has 3 aromatic rings. The molecule has 4 nitrogen and oxygen atoms in total. The second kappa shape index (κ2) is 7.37. The van der Waals surface area contributed by atoms with E-state index in [2.05, 4.69) is 0 Å². The lowest BCUT2D eigenvalue weighted by molar-refractivity contribution is 0.0626. The number of likely N-dealkylation sites (tertiary alicyclic amines) is 1. The maximum absolute atomic E-state index is 12.7. The number of benzene rings is 2. The van der Waals surface area contributed by atoms with E-state index in [1.165, 1.54) is 0 Å². The van der Waals surface area contributed by atoms with E-state index in [0.29, 0.717) is 52.9 Å². The minimum Gasteiger partial charge on any atom is -0.451 e. The third kappa shape index (κ3) is 3.73. The number of hydrogen-bond donors (Lipinski definition) is 0. The van der Waals surface area contributed by atoms with Gasteiger partial charge in [0.2, 0.25) is 0 Å². The highest BCUT2D eigenvalue weighted by molar-refractivity contribution is 6.31. The fraction of sp³-hybridized carbons (Fsp3) is 0.238. The van der Waals surface area contributed by atoms with Crippen LogP contribution in [0.4, 0.5) is 0 Å². The van der Waals surface area contributed by atoms with Gasteiger partial charge in [-0.1, -0.05) is 23.2 Å². The number of furan rings is 1. The molecule has 0 saturated carbocycles. The van der Waals surface area contributed by atoms with Crippen LogP contribution in [0.15, 0.2) is 52.9 Å². The minimum absolute atomic E-state index is 0.0790. The Balaban J connectivity index is 1.42. The van der Waals surface area contributed by atoms with Crippen molar-refractivity contribution in [1.29, 1.82) is 0 Å². The number of hydrogen-bond acceptors (Lipinski definition) is 3. The van der Waals surface area contributed by atoms with Gasteiger partial charge in [-0.25, -0.2) is 0 Å². The zero-order valence-electron chi connectivity index (χ0n) is 14.5. The second-order valence-electron chi connectivity index (χ2n) is 6.73. The van der Waals surface area contributed by atoms with Crippen LogP contribution in [0.5, 0.6) is 0 Å². The van der Waals surface area contributed by atoms with Gasteiger partial charge in [0.1, 0.15) is 5.58 Å². The summed E-state index contributed by atoms with van der Waals surface area (Å²) in [6, 6.07) is 13.9. The van der Waals surface area contributed by atoms with Crippen molar-refractivity contribution < 1.29 is 14.0 Å². The first-order valence-electron chi connectivity index (χ1n) is 8.79. The number of carbonyl (C=O) groups is 2. The number of piperidine rings is 1. The fourth-order valence-corrected chi connectivity index (χ4v) is 3.78. The van der Waals surface area contributed by atoms with E-state index in [1.807, 2.05) is 0 Å². The van der Waals surface area contributed by atoms with Crippen molar-refractivity contribution >= 4 is 45.9 Å². The quantitative estimate of drug-likeness (QED) is 0.546. The normalized spacial score (nSPS) is 15.3. The number of Topliss-reactive ketones (excluding diaryl/α,β-unsaturated/α-hetero) is 1. The SMILES string of the molecule is O=C(c1ccc(Cl)cc1)C1CCN(C(=O)c2cc3cc(Cl)ccc3o2)CC1. The Morgan fingerprint density at radius 1 is 0.926 bits per heavy atom. The van der Waals surface area contributed by atoms with Gasteiger partial charge in [0.05, 0.1) is 0 Å². The van der Waals surface area contributed by atoms with E-state index in [1.54, 1.807) is 53.4 Å². The van der Waals surface area contributed by atoms with Crippen LogP contribution in [0.1, 0.15) is 33.8 Å². The number of fused-ring (bicyclic) bond motifs is 1. The number of amides is 1. The molecule has 0 atom stereocenters. The summed E-state index contributed by atoms with van der Waals surface area (Å²) in [5.74, 6) is 0.177. The van der Waals surface area contributed by atoms with Crippen LogP contribution >= 0.6 is 23.2 Å². The van der Waals surface area contributed by atoms with Crippen LogP contribution in [-0.2, 0) is 0 Å². The lowest BCUT2D eigenvalue weighted by Crippen LogP contribution is -2.40. The van der Waals surface area contributed by atoms with Crippen molar-refractivity contribution in [2.75, 3.05) is 13.1 Å². The van der Waals surface area contributed by atoms with Crippen LogP contribution in [0, 0.1) is 5.92 Å². The molecule has 2 aromatic carbocycles. The summed E-state index contributed by atoms with van der Waals surface area (Å²) in [5.41, 5.74) is 1.30. The molecule has 4 rings (SSSR count). The standard InChI is InChI=1S/C21H17Cl2NO3/c22-16-3-1-13(2-4-16)20(25)14-7-9-24(10-8-14)21(26)19-12-15-11-17(23)5-6-18(15)27-19/h1-6,11-12,14H,7-10H2. The number of ketones is 1. The summed E-state index contributed by atoms with van der Waals surface area (Å²) in [7, 11) is 0. The van der Waals surface area contributed by atoms with Crippen LogP contribution in [0.3, 0.4) is 0 Å². The fourth-order valence-electron chi connectivity index (χ4n) is 3.47. The molecule has 0 aliphatic carbocycles. The molecule has 1 amide bonds. The van der Waals surface area contributed by atoms with Gasteiger partial charge in [0.25, 0.3) is 5.91 Å². The predicted molar refractivity (Wildman–Crippen MR) is 106 cm³/mol. The average Bonchev–Trinajstić information content (AvgIpc) is 3.11. The molecule has 138 valence electrons. The highest BCUT2D eigenvalue weighted by Gasteiger charge is 2.29. The van der Waals surface area contributed by atoms with Crippen LogP contribution in [0.25, 0.3) is 11.0 Å². The second-order valence-corrected chi connectivity index (χ2v) is 7.60. The molecule has 0 N–H and O–H groups in total. The first-order chi connectivity index (χ1) is 13.0. The van der Waals surface area contributed by atoms with Crippen molar-refractivity contribution in [3.8, 4) is 0 Å². The summed E-state index contributed by atoms with van der Waals surface area (Å²) in [6.45, 7) is 1.06. The zero-order chi connectivity index (χ0) is 19.0. The Morgan fingerprint density at radius 3 is 2.30 bits per heavy atom. The largest absolute Gasteiger partial charge is 0.451 e. The van der Waals surface area contributed by atoms with Crippen molar-refractivity contribution in [2.24, 2.45) is 5.92 Å². The molecule has 6 heteroatoms. The van der Waals surface area contributed by atoms with E-state index in [4.69, 9.17) is 27.6 Å². The van der Waals surface area contributed by atoms with E-state index in [9.17, 15) is 9.59 Å². The van der Waals surface area contributed by atoms with Gasteiger partial charge in [-0.15, -0.1) is 0 Å². The van der Waals surface area contributed by atoms with Gasteiger partial charge in [-0.2, -0.15) is 0 Å². The highest BCUT2D eigenvalue weighted by atomic mass is 35.5. The summed E-state index contributed by atoms with van der Waals surface area (Å²) in [5, 5.41) is 2.02. The molecule has 1 fully saturated rings. The highest BCUT2D eigenvalue weighted by Crippen LogP contribution is 2.27.